The molecule has 2 heteroatoms. The summed E-state index contributed by atoms with van der Waals surface area (Å²) in [6, 6.07) is 0. The molecule has 15 heavy (non-hydrogen) atoms. The van der Waals surface area contributed by atoms with Crippen molar-refractivity contribution in [2.45, 2.75) is 40.0 Å². The summed E-state index contributed by atoms with van der Waals surface area (Å²) in [6.07, 6.45) is 3.99. The first-order valence-corrected chi connectivity index (χ1v) is 6.28. The molecule has 4 atom stereocenters. The van der Waals surface area contributed by atoms with Gasteiger partial charge in [-0.25, -0.2) is 0 Å². The molecule has 2 aliphatic carbocycles. The SMILES string of the molecule is CC1(C)[C@@H]2CC[C@]1(C)[C@@H]([C@@H](CN)CO)C2. The molecule has 0 aromatic rings. The molecule has 3 N–H and O–H groups in total. The van der Waals surface area contributed by atoms with Crippen LogP contribution in [0.5, 0.6) is 0 Å². The Bertz CT molecular complexity index is 247. The molecule has 0 aliphatic heterocycles. The predicted octanol–water partition coefficient (Wildman–Crippen LogP) is 2.02. The zero-order valence-electron chi connectivity index (χ0n) is 10.3. The molecule has 2 aliphatic rings. The zero-order chi connectivity index (χ0) is 11.3. The van der Waals surface area contributed by atoms with Crippen LogP contribution in [-0.4, -0.2) is 18.3 Å². The van der Waals surface area contributed by atoms with E-state index in [0.29, 0.717) is 29.2 Å². The third kappa shape index (κ3) is 1.31. The third-order valence-corrected chi connectivity index (χ3v) is 5.97. The van der Waals surface area contributed by atoms with E-state index in [1.807, 2.05) is 0 Å². The van der Waals surface area contributed by atoms with Gasteiger partial charge in [0.2, 0.25) is 0 Å². The van der Waals surface area contributed by atoms with Gasteiger partial charge < -0.3 is 10.8 Å². The monoisotopic (exact) mass is 211 g/mol. The van der Waals surface area contributed by atoms with Crippen LogP contribution < -0.4 is 5.73 Å². The number of hydrogen-bond donors (Lipinski definition) is 2. The summed E-state index contributed by atoms with van der Waals surface area (Å²) in [5.41, 5.74) is 6.63. The van der Waals surface area contributed by atoms with Crippen molar-refractivity contribution in [2.75, 3.05) is 13.2 Å². The minimum absolute atomic E-state index is 0.263. The molecule has 0 aromatic heterocycles. The lowest BCUT2D eigenvalue weighted by molar-refractivity contribution is 0.0455. The second kappa shape index (κ2) is 3.46. The fourth-order valence-electron chi connectivity index (χ4n) is 4.34. The highest BCUT2D eigenvalue weighted by Gasteiger charge is 2.62. The van der Waals surface area contributed by atoms with Crippen molar-refractivity contribution in [3.05, 3.63) is 0 Å². The molecule has 88 valence electrons. The molecule has 2 saturated carbocycles. The Kier molecular flexibility index (Phi) is 2.63. The second-order valence-corrected chi connectivity index (χ2v) is 6.40. The van der Waals surface area contributed by atoms with Gasteiger partial charge in [0.15, 0.2) is 0 Å². The van der Waals surface area contributed by atoms with Crippen LogP contribution in [0.25, 0.3) is 0 Å². The number of nitrogens with two attached hydrogens (primary N) is 1. The first-order valence-electron chi connectivity index (χ1n) is 6.28. The van der Waals surface area contributed by atoms with E-state index in [1.54, 1.807) is 0 Å². The van der Waals surface area contributed by atoms with Crippen LogP contribution in [0.15, 0.2) is 0 Å². The molecular formula is C13H25NO. The summed E-state index contributed by atoms with van der Waals surface area (Å²) in [5, 5.41) is 9.42. The smallest absolute Gasteiger partial charge is 0.0474 e. The van der Waals surface area contributed by atoms with Crippen LogP contribution in [0, 0.1) is 28.6 Å². The van der Waals surface area contributed by atoms with Gasteiger partial charge in [0.1, 0.15) is 0 Å². The molecule has 0 amide bonds. The van der Waals surface area contributed by atoms with Crippen LogP contribution in [0.1, 0.15) is 40.0 Å². The average molecular weight is 211 g/mol. The normalized spacial score (nSPS) is 44.6. The molecule has 0 unspecified atom stereocenters. The van der Waals surface area contributed by atoms with Gasteiger partial charge in [0.25, 0.3) is 0 Å². The Morgan fingerprint density at radius 1 is 1.40 bits per heavy atom. The highest BCUT2D eigenvalue weighted by Crippen LogP contribution is 2.69. The van der Waals surface area contributed by atoms with Crippen molar-refractivity contribution in [1.82, 2.24) is 0 Å². The van der Waals surface area contributed by atoms with Crippen LogP contribution in [0.3, 0.4) is 0 Å². The summed E-state index contributed by atoms with van der Waals surface area (Å²) in [7, 11) is 0. The van der Waals surface area contributed by atoms with E-state index < -0.39 is 0 Å². The number of hydrogen-bond acceptors (Lipinski definition) is 2. The maximum Gasteiger partial charge on any atom is 0.0474 e. The Hall–Kier alpha value is -0.0800. The van der Waals surface area contributed by atoms with Gasteiger partial charge in [-0.2, -0.15) is 0 Å². The lowest BCUT2D eigenvalue weighted by Crippen LogP contribution is -2.39. The van der Waals surface area contributed by atoms with Crippen molar-refractivity contribution in [3.8, 4) is 0 Å². The molecule has 2 nitrogen and oxygen atoms in total. The van der Waals surface area contributed by atoms with Crippen molar-refractivity contribution >= 4 is 0 Å². The topological polar surface area (TPSA) is 46.2 Å². The number of fused-ring (bicyclic) bond motifs is 2. The fraction of sp³-hybridized carbons (Fsp3) is 1.00. The maximum absolute atomic E-state index is 9.42. The van der Waals surface area contributed by atoms with E-state index in [9.17, 15) is 5.11 Å². The van der Waals surface area contributed by atoms with Crippen LogP contribution >= 0.6 is 0 Å². The molecule has 0 saturated heterocycles. The average Bonchev–Trinajstić information content (AvgIpc) is 2.52. The molecule has 2 fully saturated rings. The van der Waals surface area contributed by atoms with Gasteiger partial charge >= 0.3 is 0 Å². The molecule has 0 aromatic carbocycles. The molecular weight excluding hydrogens is 186 g/mol. The minimum atomic E-state index is 0.263. The predicted molar refractivity (Wildman–Crippen MR) is 62.3 cm³/mol. The molecule has 0 heterocycles. The summed E-state index contributed by atoms with van der Waals surface area (Å²) in [5.74, 6) is 1.81. The van der Waals surface area contributed by atoms with Crippen molar-refractivity contribution in [3.63, 3.8) is 0 Å². The summed E-state index contributed by atoms with van der Waals surface area (Å²) < 4.78 is 0. The Balaban J connectivity index is 2.25. The van der Waals surface area contributed by atoms with Crippen LogP contribution in [0.2, 0.25) is 0 Å². The van der Waals surface area contributed by atoms with E-state index in [1.165, 1.54) is 19.3 Å². The van der Waals surface area contributed by atoms with E-state index in [4.69, 9.17) is 5.73 Å². The molecule has 0 radical (unpaired) electrons. The first-order chi connectivity index (χ1) is 6.97. The summed E-state index contributed by atoms with van der Waals surface area (Å²) in [4.78, 5) is 0. The van der Waals surface area contributed by atoms with E-state index >= 15 is 0 Å². The van der Waals surface area contributed by atoms with Gasteiger partial charge in [0, 0.05) is 6.61 Å². The van der Waals surface area contributed by atoms with Crippen LogP contribution in [0.4, 0.5) is 0 Å². The Labute approximate surface area is 93.2 Å². The van der Waals surface area contributed by atoms with Gasteiger partial charge in [-0.05, 0) is 54.4 Å². The zero-order valence-corrected chi connectivity index (χ0v) is 10.3. The number of aliphatic hydroxyl groups is 1. The van der Waals surface area contributed by atoms with Gasteiger partial charge in [0.05, 0.1) is 0 Å². The number of rotatable bonds is 3. The lowest BCUT2D eigenvalue weighted by Gasteiger charge is -2.42. The third-order valence-electron chi connectivity index (χ3n) is 5.97. The van der Waals surface area contributed by atoms with Gasteiger partial charge in [-0.15, -0.1) is 0 Å². The molecule has 2 bridgehead atoms. The highest BCUT2D eigenvalue weighted by molar-refractivity contribution is 5.11. The quantitative estimate of drug-likeness (QED) is 0.750. The van der Waals surface area contributed by atoms with Crippen LogP contribution in [-0.2, 0) is 0 Å². The maximum atomic E-state index is 9.42. The van der Waals surface area contributed by atoms with Crippen molar-refractivity contribution < 1.29 is 5.11 Å². The highest BCUT2D eigenvalue weighted by atomic mass is 16.3. The largest absolute Gasteiger partial charge is 0.396 e. The van der Waals surface area contributed by atoms with E-state index in [0.717, 1.165) is 5.92 Å². The first kappa shape index (κ1) is 11.4. The van der Waals surface area contributed by atoms with Crippen molar-refractivity contribution in [1.29, 1.82) is 0 Å². The number of aliphatic hydroxyl groups excluding tert-OH is 1. The summed E-state index contributed by atoms with van der Waals surface area (Å²) in [6.45, 7) is 8.15. The van der Waals surface area contributed by atoms with Gasteiger partial charge in [-0.1, -0.05) is 20.8 Å². The minimum Gasteiger partial charge on any atom is -0.396 e. The van der Waals surface area contributed by atoms with E-state index in [-0.39, 0.29) is 6.61 Å². The Morgan fingerprint density at radius 3 is 2.40 bits per heavy atom. The lowest BCUT2D eigenvalue weighted by atomic mass is 9.63. The van der Waals surface area contributed by atoms with Gasteiger partial charge in [-0.3, -0.25) is 0 Å². The standard InChI is InChI=1S/C13H25NO/c1-12(2)10-4-5-13(12,3)11(6-10)9(7-14)8-15/h9-11,15H,4-8,14H2,1-3H3/t9-,10+,11+,13+/m0/s1. The van der Waals surface area contributed by atoms with Crippen molar-refractivity contribution in [2.24, 2.45) is 34.3 Å². The molecule has 2 rings (SSSR count). The molecule has 0 spiro atoms. The van der Waals surface area contributed by atoms with E-state index in [2.05, 4.69) is 20.8 Å². The Morgan fingerprint density at radius 2 is 2.07 bits per heavy atom. The fourth-order valence-corrected chi connectivity index (χ4v) is 4.34. The summed E-state index contributed by atoms with van der Waals surface area (Å²) >= 11 is 0. The second-order valence-electron chi connectivity index (χ2n) is 6.40.